The zero-order valence-corrected chi connectivity index (χ0v) is 20.1. The number of esters is 1. The predicted molar refractivity (Wildman–Crippen MR) is 124 cm³/mol. The number of hydrogen-bond donors (Lipinski definition) is 2. The summed E-state index contributed by atoms with van der Waals surface area (Å²) in [6.45, 7) is 8.24. The Labute approximate surface area is 193 Å². The molecule has 7 heteroatoms. The van der Waals surface area contributed by atoms with E-state index in [0.29, 0.717) is 16.5 Å². The monoisotopic (exact) mass is 459 g/mol. The minimum Gasteiger partial charge on any atom is -0.481 e. The number of carboxylic acids is 1. The Morgan fingerprint density at radius 1 is 1.09 bits per heavy atom. The second-order valence-electron chi connectivity index (χ2n) is 9.57. The predicted octanol–water partition coefficient (Wildman–Crippen LogP) is 5.07. The average molecular weight is 460 g/mol. The van der Waals surface area contributed by atoms with Crippen LogP contribution in [0.5, 0.6) is 0 Å². The van der Waals surface area contributed by atoms with Gasteiger partial charge in [0.2, 0.25) is 5.91 Å². The number of anilines is 1. The van der Waals surface area contributed by atoms with Crippen molar-refractivity contribution < 1.29 is 24.2 Å². The van der Waals surface area contributed by atoms with E-state index in [1.54, 1.807) is 6.92 Å². The second-order valence-corrected chi connectivity index (χ2v) is 10.7. The van der Waals surface area contributed by atoms with Gasteiger partial charge >= 0.3 is 11.9 Å². The summed E-state index contributed by atoms with van der Waals surface area (Å²) in [7, 11) is 0. The Hall–Kier alpha value is -2.15. The fourth-order valence-electron chi connectivity index (χ4n) is 6.31. The number of rotatable bonds is 6. The molecule has 2 saturated carbocycles. The number of carbonyl (C=O) groups excluding carboxylic acids is 2. The third-order valence-corrected chi connectivity index (χ3v) is 8.84. The molecule has 3 aliphatic rings. The van der Waals surface area contributed by atoms with Crippen LogP contribution >= 0.6 is 11.3 Å². The lowest BCUT2D eigenvalue weighted by atomic mass is 9.78. The van der Waals surface area contributed by atoms with E-state index in [-0.39, 0.29) is 24.3 Å². The maximum Gasteiger partial charge on any atom is 0.341 e. The van der Waals surface area contributed by atoms with Crippen LogP contribution in [0.3, 0.4) is 0 Å². The van der Waals surface area contributed by atoms with Crippen molar-refractivity contribution in [1.29, 1.82) is 0 Å². The summed E-state index contributed by atoms with van der Waals surface area (Å²) in [5, 5.41) is 13.5. The van der Waals surface area contributed by atoms with E-state index in [1.807, 2.05) is 13.8 Å². The van der Waals surface area contributed by atoms with Crippen LogP contribution in [0.1, 0.15) is 74.2 Å². The number of hydrogen-bond acceptors (Lipinski definition) is 5. The molecule has 174 valence electrons. The summed E-state index contributed by atoms with van der Waals surface area (Å²) in [6, 6.07) is 0. The van der Waals surface area contributed by atoms with E-state index in [1.165, 1.54) is 11.3 Å². The first-order valence-electron chi connectivity index (χ1n) is 11.8. The first-order chi connectivity index (χ1) is 15.3. The molecule has 1 aromatic rings. The van der Waals surface area contributed by atoms with E-state index in [4.69, 9.17) is 4.74 Å². The Bertz CT molecular complexity index is 973. The van der Waals surface area contributed by atoms with Crippen LogP contribution in [0, 0.1) is 29.6 Å². The number of fused-ring (bicyclic) bond motifs is 3. The molecule has 1 amide bonds. The molecule has 3 aliphatic carbocycles. The van der Waals surface area contributed by atoms with Crippen molar-refractivity contribution in [1.82, 2.24) is 0 Å². The Balaban J connectivity index is 1.67. The van der Waals surface area contributed by atoms with E-state index >= 15 is 0 Å². The number of ether oxygens (including phenoxy) is 1. The lowest BCUT2D eigenvalue weighted by Gasteiger charge is -2.26. The lowest BCUT2D eigenvalue weighted by Crippen LogP contribution is -2.38. The van der Waals surface area contributed by atoms with Gasteiger partial charge in [-0.3, -0.25) is 9.59 Å². The van der Waals surface area contributed by atoms with Gasteiger partial charge in [-0.15, -0.1) is 11.3 Å². The van der Waals surface area contributed by atoms with Crippen LogP contribution in [0.15, 0.2) is 11.1 Å². The topological polar surface area (TPSA) is 92.7 Å². The molecule has 6 nitrogen and oxygen atoms in total. The number of carbonyl (C=O) groups is 3. The fourth-order valence-corrected chi connectivity index (χ4v) is 7.66. The van der Waals surface area contributed by atoms with Gasteiger partial charge in [0.15, 0.2) is 0 Å². The van der Waals surface area contributed by atoms with Gasteiger partial charge in [0.05, 0.1) is 24.0 Å². The van der Waals surface area contributed by atoms with Crippen LogP contribution in [0.2, 0.25) is 0 Å². The van der Waals surface area contributed by atoms with Crippen molar-refractivity contribution in [2.75, 3.05) is 11.9 Å². The molecule has 4 rings (SSSR count). The minimum atomic E-state index is -0.905. The molecular formula is C25H33NO5S. The summed E-state index contributed by atoms with van der Waals surface area (Å²) < 4.78 is 5.33. The highest BCUT2D eigenvalue weighted by Gasteiger charge is 2.57. The highest BCUT2D eigenvalue weighted by molar-refractivity contribution is 7.17. The summed E-state index contributed by atoms with van der Waals surface area (Å²) in [5.41, 5.74) is 3.76. The van der Waals surface area contributed by atoms with Crippen LogP contribution in [0.4, 0.5) is 5.00 Å². The maximum absolute atomic E-state index is 13.5. The van der Waals surface area contributed by atoms with Crippen molar-refractivity contribution in [2.45, 2.75) is 66.2 Å². The van der Waals surface area contributed by atoms with Gasteiger partial charge < -0.3 is 15.2 Å². The van der Waals surface area contributed by atoms with E-state index in [2.05, 4.69) is 12.2 Å². The third-order valence-electron chi connectivity index (χ3n) is 7.67. The molecule has 2 bridgehead atoms. The zero-order valence-electron chi connectivity index (χ0n) is 19.3. The Kier molecular flexibility index (Phi) is 6.48. The molecule has 0 aliphatic heterocycles. The first-order valence-corrected chi connectivity index (χ1v) is 12.6. The molecule has 2 fully saturated rings. The molecule has 32 heavy (non-hydrogen) atoms. The molecule has 1 aromatic heterocycles. The van der Waals surface area contributed by atoms with Crippen LogP contribution in [-0.2, 0) is 27.2 Å². The summed E-state index contributed by atoms with van der Waals surface area (Å²) in [6.07, 6.45) is 5.50. The lowest BCUT2D eigenvalue weighted by molar-refractivity contribution is -0.148. The van der Waals surface area contributed by atoms with E-state index in [0.717, 1.165) is 60.1 Å². The van der Waals surface area contributed by atoms with Gasteiger partial charge in [-0.2, -0.15) is 0 Å². The number of aliphatic carboxylic acids is 1. The van der Waals surface area contributed by atoms with Crippen molar-refractivity contribution in [2.24, 2.45) is 29.6 Å². The van der Waals surface area contributed by atoms with Crippen LogP contribution < -0.4 is 5.32 Å². The van der Waals surface area contributed by atoms with Crippen LogP contribution in [-0.4, -0.2) is 29.6 Å². The van der Waals surface area contributed by atoms with Crippen molar-refractivity contribution >= 4 is 34.2 Å². The SMILES string of the molecule is CCOC(=O)c1c(NC(=O)[C@H]2[C@@H](C(=O)O)[C@H]3CC[C@H]2C3=C(C)C)sc2c1CC[C@H](CC)C2. The van der Waals surface area contributed by atoms with Gasteiger partial charge in [-0.05, 0) is 76.2 Å². The molecule has 1 heterocycles. The Morgan fingerprint density at radius 2 is 1.78 bits per heavy atom. The summed E-state index contributed by atoms with van der Waals surface area (Å²) in [5.74, 6) is -2.40. The van der Waals surface area contributed by atoms with E-state index in [9.17, 15) is 19.5 Å². The van der Waals surface area contributed by atoms with Gasteiger partial charge in [-0.1, -0.05) is 24.5 Å². The summed E-state index contributed by atoms with van der Waals surface area (Å²) >= 11 is 1.47. The van der Waals surface area contributed by atoms with Crippen LogP contribution in [0.25, 0.3) is 0 Å². The van der Waals surface area contributed by atoms with Gasteiger partial charge in [0.25, 0.3) is 0 Å². The normalized spacial score (nSPS) is 28.4. The number of nitrogens with one attached hydrogen (secondary N) is 1. The largest absolute Gasteiger partial charge is 0.481 e. The molecule has 5 atom stereocenters. The molecule has 2 N–H and O–H groups in total. The number of thiophene rings is 1. The zero-order chi connectivity index (χ0) is 23.2. The van der Waals surface area contributed by atoms with Crippen molar-refractivity contribution in [3.8, 4) is 0 Å². The highest BCUT2D eigenvalue weighted by Crippen LogP contribution is 2.57. The van der Waals surface area contributed by atoms with Gasteiger partial charge in [0, 0.05) is 4.88 Å². The highest BCUT2D eigenvalue weighted by atomic mass is 32.1. The third kappa shape index (κ3) is 3.78. The van der Waals surface area contributed by atoms with Gasteiger partial charge in [-0.25, -0.2) is 4.79 Å². The van der Waals surface area contributed by atoms with Gasteiger partial charge in [0.1, 0.15) is 5.00 Å². The fraction of sp³-hybridized carbons (Fsp3) is 0.640. The standard InChI is InChI=1S/C25H33NO5S/c1-5-13-7-8-14-17(11-13)32-23(21(14)25(30)31-6-2)26-22(27)19-15-9-10-16(18(15)12(3)4)20(19)24(28)29/h13,15-16,19-20H,5-11H2,1-4H3,(H,26,27)(H,28,29)/t13-,15-,16-,19+,20-/m0/s1. The molecule has 0 spiro atoms. The maximum atomic E-state index is 13.5. The quantitative estimate of drug-likeness (QED) is 0.458. The molecular weight excluding hydrogens is 426 g/mol. The number of carboxylic acid groups (broad SMARTS) is 1. The Morgan fingerprint density at radius 3 is 2.38 bits per heavy atom. The number of amides is 1. The first kappa shape index (κ1) is 23.0. The summed E-state index contributed by atoms with van der Waals surface area (Å²) in [4.78, 5) is 39.6. The minimum absolute atomic E-state index is 0.0313. The second kappa shape index (κ2) is 9.00. The number of allylic oxidation sites excluding steroid dienone is 2. The van der Waals surface area contributed by atoms with Crippen molar-refractivity contribution in [3.05, 3.63) is 27.2 Å². The smallest absolute Gasteiger partial charge is 0.341 e. The molecule has 0 saturated heterocycles. The molecule has 0 aromatic carbocycles. The average Bonchev–Trinajstić information content (AvgIpc) is 3.42. The van der Waals surface area contributed by atoms with E-state index < -0.39 is 23.8 Å². The molecule has 0 radical (unpaired) electrons. The molecule has 0 unspecified atom stereocenters. The van der Waals surface area contributed by atoms with Crippen molar-refractivity contribution in [3.63, 3.8) is 0 Å².